The summed E-state index contributed by atoms with van der Waals surface area (Å²) in [5, 5.41) is 13.3. The summed E-state index contributed by atoms with van der Waals surface area (Å²) in [4.78, 5) is 4.15. The highest BCUT2D eigenvalue weighted by molar-refractivity contribution is 5.45. The van der Waals surface area contributed by atoms with E-state index in [4.69, 9.17) is 0 Å². The third kappa shape index (κ3) is 2.82. The maximum Gasteiger partial charge on any atom is 0.121 e. The molecular formula is C14H16N2O. The largest absolute Gasteiger partial charge is 0.385 e. The fourth-order valence-electron chi connectivity index (χ4n) is 1.70. The molecule has 0 spiro atoms. The first-order valence-corrected chi connectivity index (χ1v) is 5.74. The van der Waals surface area contributed by atoms with E-state index in [1.807, 2.05) is 42.5 Å². The van der Waals surface area contributed by atoms with Gasteiger partial charge in [0, 0.05) is 18.4 Å². The maximum absolute atomic E-state index is 10.1. The summed E-state index contributed by atoms with van der Waals surface area (Å²) in [6.07, 6.45) is 1.03. The van der Waals surface area contributed by atoms with Crippen LogP contribution < -0.4 is 5.32 Å². The Kier molecular flexibility index (Phi) is 3.73. The van der Waals surface area contributed by atoms with Gasteiger partial charge in [0.15, 0.2) is 0 Å². The number of hydrogen-bond donors (Lipinski definition) is 2. The molecule has 1 aromatic carbocycles. The van der Waals surface area contributed by atoms with Crippen LogP contribution in [0.15, 0.2) is 48.7 Å². The lowest BCUT2D eigenvalue weighted by Crippen LogP contribution is -2.02. The number of aliphatic hydroxyl groups is 1. The van der Waals surface area contributed by atoms with Gasteiger partial charge in [-0.3, -0.25) is 4.98 Å². The summed E-state index contributed by atoms with van der Waals surface area (Å²) < 4.78 is 0. The molecule has 0 amide bonds. The summed E-state index contributed by atoms with van der Waals surface area (Å²) in [7, 11) is 0. The second kappa shape index (κ2) is 5.46. The third-order valence-electron chi connectivity index (χ3n) is 2.58. The zero-order valence-electron chi connectivity index (χ0n) is 9.80. The minimum atomic E-state index is -0.660. The molecule has 3 heteroatoms. The number of benzene rings is 1. The standard InChI is InChI=1S/C14H16N2O/c1-2-15-12-8-6-11(7-9-12)14(17)13-5-3-4-10-16-13/h3-10,14-15,17H,2H2,1H3. The quantitative estimate of drug-likeness (QED) is 0.845. The van der Waals surface area contributed by atoms with E-state index in [-0.39, 0.29) is 0 Å². The second-order valence-electron chi connectivity index (χ2n) is 3.81. The summed E-state index contributed by atoms with van der Waals surface area (Å²) in [5.41, 5.74) is 2.58. The van der Waals surface area contributed by atoms with Crippen molar-refractivity contribution in [3.63, 3.8) is 0 Å². The molecule has 0 aliphatic heterocycles. The van der Waals surface area contributed by atoms with Gasteiger partial charge >= 0.3 is 0 Å². The highest BCUT2D eigenvalue weighted by Crippen LogP contribution is 2.21. The maximum atomic E-state index is 10.1. The predicted molar refractivity (Wildman–Crippen MR) is 68.9 cm³/mol. The summed E-state index contributed by atoms with van der Waals surface area (Å²) in [5.74, 6) is 0. The lowest BCUT2D eigenvalue weighted by Gasteiger charge is -2.11. The van der Waals surface area contributed by atoms with Crippen LogP contribution in [0.4, 0.5) is 5.69 Å². The number of aromatic nitrogens is 1. The Morgan fingerprint density at radius 1 is 1.18 bits per heavy atom. The van der Waals surface area contributed by atoms with Crippen LogP contribution in [0.1, 0.15) is 24.3 Å². The first-order valence-electron chi connectivity index (χ1n) is 5.74. The number of hydrogen-bond acceptors (Lipinski definition) is 3. The van der Waals surface area contributed by atoms with Crippen LogP contribution in [0.2, 0.25) is 0 Å². The Morgan fingerprint density at radius 3 is 2.53 bits per heavy atom. The van der Waals surface area contributed by atoms with E-state index in [1.165, 1.54) is 0 Å². The van der Waals surface area contributed by atoms with Gasteiger partial charge in [-0.15, -0.1) is 0 Å². The van der Waals surface area contributed by atoms with Gasteiger partial charge in [-0.25, -0.2) is 0 Å². The molecule has 0 fully saturated rings. The lowest BCUT2D eigenvalue weighted by molar-refractivity contribution is 0.215. The van der Waals surface area contributed by atoms with E-state index in [2.05, 4.69) is 17.2 Å². The van der Waals surface area contributed by atoms with Gasteiger partial charge < -0.3 is 10.4 Å². The molecule has 2 N–H and O–H groups in total. The SMILES string of the molecule is CCNc1ccc(C(O)c2ccccn2)cc1. The normalized spacial score (nSPS) is 12.1. The molecule has 0 bridgehead atoms. The number of nitrogens with one attached hydrogen (secondary N) is 1. The van der Waals surface area contributed by atoms with E-state index in [1.54, 1.807) is 6.20 Å². The lowest BCUT2D eigenvalue weighted by atomic mass is 10.1. The van der Waals surface area contributed by atoms with Gasteiger partial charge in [-0.05, 0) is 36.8 Å². The number of aliphatic hydroxyl groups excluding tert-OH is 1. The van der Waals surface area contributed by atoms with Gasteiger partial charge in [0.05, 0.1) is 5.69 Å². The van der Waals surface area contributed by atoms with Crippen LogP contribution in [0.3, 0.4) is 0 Å². The van der Waals surface area contributed by atoms with Crippen LogP contribution >= 0.6 is 0 Å². The minimum Gasteiger partial charge on any atom is -0.385 e. The average Bonchev–Trinajstić information content (AvgIpc) is 2.40. The van der Waals surface area contributed by atoms with Crippen LogP contribution in [0.5, 0.6) is 0 Å². The van der Waals surface area contributed by atoms with E-state index in [9.17, 15) is 5.11 Å². The summed E-state index contributed by atoms with van der Waals surface area (Å²) >= 11 is 0. The van der Waals surface area contributed by atoms with Crippen molar-refractivity contribution in [3.05, 3.63) is 59.9 Å². The Labute approximate surface area is 101 Å². The van der Waals surface area contributed by atoms with Crippen LogP contribution in [-0.2, 0) is 0 Å². The Morgan fingerprint density at radius 2 is 1.94 bits per heavy atom. The Bertz CT molecular complexity index is 453. The molecule has 1 unspecified atom stereocenters. The zero-order valence-corrected chi connectivity index (χ0v) is 9.80. The van der Waals surface area contributed by atoms with Crippen molar-refractivity contribution in [3.8, 4) is 0 Å². The number of pyridine rings is 1. The molecule has 17 heavy (non-hydrogen) atoms. The first-order chi connectivity index (χ1) is 8.31. The molecule has 1 atom stereocenters. The molecule has 0 aliphatic carbocycles. The van der Waals surface area contributed by atoms with E-state index in [0.29, 0.717) is 5.69 Å². The molecule has 3 nitrogen and oxygen atoms in total. The number of rotatable bonds is 4. The van der Waals surface area contributed by atoms with Crippen molar-refractivity contribution in [2.45, 2.75) is 13.0 Å². The highest BCUT2D eigenvalue weighted by Gasteiger charge is 2.10. The van der Waals surface area contributed by atoms with Crippen LogP contribution in [0.25, 0.3) is 0 Å². The minimum absolute atomic E-state index is 0.660. The van der Waals surface area contributed by atoms with Crippen molar-refractivity contribution in [2.24, 2.45) is 0 Å². The zero-order chi connectivity index (χ0) is 12.1. The molecular weight excluding hydrogens is 212 g/mol. The number of nitrogens with zero attached hydrogens (tertiary/aromatic N) is 1. The molecule has 2 rings (SSSR count). The van der Waals surface area contributed by atoms with Crippen molar-refractivity contribution >= 4 is 5.69 Å². The van der Waals surface area contributed by atoms with E-state index >= 15 is 0 Å². The van der Waals surface area contributed by atoms with Gasteiger partial charge in [0.1, 0.15) is 6.10 Å². The number of anilines is 1. The fraction of sp³-hybridized carbons (Fsp3) is 0.214. The fourth-order valence-corrected chi connectivity index (χ4v) is 1.70. The van der Waals surface area contributed by atoms with Crippen molar-refractivity contribution in [1.82, 2.24) is 4.98 Å². The Hall–Kier alpha value is -1.87. The third-order valence-corrected chi connectivity index (χ3v) is 2.58. The van der Waals surface area contributed by atoms with Crippen LogP contribution in [-0.4, -0.2) is 16.6 Å². The van der Waals surface area contributed by atoms with Crippen molar-refractivity contribution < 1.29 is 5.11 Å². The van der Waals surface area contributed by atoms with Gasteiger partial charge in [0.25, 0.3) is 0 Å². The van der Waals surface area contributed by atoms with E-state index in [0.717, 1.165) is 17.8 Å². The molecule has 0 aliphatic rings. The molecule has 1 heterocycles. The topological polar surface area (TPSA) is 45.1 Å². The van der Waals surface area contributed by atoms with Crippen molar-refractivity contribution in [2.75, 3.05) is 11.9 Å². The average molecular weight is 228 g/mol. The molecule has 0 saturated heterocycles. The molecule has 1 aromatic heterocycles. The highest BCUT2D eigenvalue weighted by atomic mass is 16.3. The second-order valence-corrected chi connectivity index (χ2v) is 3.81. The Balaban J connectivity index is 2.17. The first kappa shape index (κ1) is 11.6. The van der Waals surface area contributed by atoms with Gasteiger partial charge in [-0.2, -0.15) is 0 Å². The molecule has 0 radical (unpaired) electrons. The monoisotopic (exact) mass is 228 g/mol. The molecule has 2 aromatic rings. The molecule has 0 saturated carbocycles. The summed E-state index contributed by atoms with van der Waals surface area (Å²) in [6, 6.07) is 13.3. The van der Waals surface area contributed by atoms with Gasteiger partial charge in [-0.1, -0.05) is 18.2 Å². The predicted octanol–water partition coefficient (Wildman–Crippen LogP) is 2.60. The van der Waals surface area contributed by atoms with Crippen LogP contribution in [0, 0.1) is 0 Å². The summed E-state index contributed by atoms with van der Waals surface area (Å²) in [6.45, 7) is 2.94. The van der Waals surface area contributed by atoms with E-state index < -0.39 is 6.10 Å². The molecule has 88 valence electrons. The van der Waals surface area contributed by atoms with Gasteiger partial charge in [0.2, 0.25) is 0 Å². The smallest absolute Gasteiger partial charge is 0.121 e. The van der Waals surface area contributed by atoms with Crippen molar-refractivity contribution in [1.29, 1.82) is 0 Å².